The van der Waals surface area contributed by atoms with Gasteiger partial charge in [0, 0.05) is 16.5 Å². The molecule has 0 aliphatic rings. The summed E-state index contributed by atoms with van der Waals surface area (Å²) in [5.74, 6) is 0. The fourth-order valence-electron chi connectivity index (χ4n) is 5.19. The second-order valence-electron chi connectivity index (χ2n) is 8.65. The van der Waals surface area contributed by atoms with Gasteiger partial charge in [-0.15, -0.1) is 0 Å². The molecule has 0 aliphatic carbocycles. The molecule has 0 fully saturated rings. The Morgan fingerprint density at radius 2 is 1.06 bits per heavy atom. The highest BCUT2D eigenvalue weighted by Crippen LogP contribution is 2.38. The zero-order valence-electron chi connectivity index (χ0n) is 18.1. The van der Waals surface area contributed by atoms with Crippen molar-refractivity contribution < 1.29 is 0 Å². The third-order valence-electron chi connectivity index (χ3n) is 6.75. The van der Waals surface area contributed by atoms with E-state index in [4.69, 9.17) is 0 Å². The average molecular weight is 420 g/mol. The molecule has 1 heteroatoms. The molecular weight excluding hydrogens is 398 g/mol. The van der Waals surface area contributed by atoms with E-state index in [-0.39, 0.29) is 0 Å². The standard InChI is InChI=1S/C32H21N/c1-2-11-27(12-3-1)33-30-19-17-23-9-6-7-13-28(23)32(30)29-18-16-26(21-31(29)33)25-15-14-22-8-4-5-10-24(22)20-25/h1-21H. The number of hydrogen-bond donors (Lipinski definition) is 0. The highest BCUT2D eigenvalue weighted by atomic mass is 15.0. The second kappa shape index (κ2) is 7.08. The Labute approximate surface area is 192 Å². The lowest BCUT2D eigenvalue weighted by molar-refractivity contribution is 1.18. The van der Waals surface area contributed by atoms with Gasteiger partial charge in [-0.2, -0.15) is 0 Å². The van der Waals surface area contributed by atoms with Crippen molar-refractivity contribution in [3.8, 4) is 16.8 Å². The minimum Gasteiger partial charge on any atom is -0.309 e. The van der Waals surface area contributed by atoms with Crippen LogP contribution in [-0.2, 0) is 0 Å². The van der Waals surface area contributed by atoms with Gasteiger partial charge in [0.25, 0.3) is 0 Å². The first-order valence-corrected chi connectivity index (χ1v) is 11.4. The van der Waals surface area contributed by atoms with Gasteiger partial charge >= 0.3 is 0 Å². The van der Waals surface area contributed by atoms with Gasteiger partial charge in [-0.1, -0.05) is 97.1 Å². The van der Waals surface area contributed by atoms with Crippen LogP contribution in [0.25, 0.3) is 60.2 Å². The van der Waals surface area contributed by atoms with Crippen LogP contribution in [-0.4, -0.2) is 4.57 Å². The summed E-state index contributed by atoms with van der Waals surface area (Å²) >= 11 is 0. The van der Waals surface area contributed by atoms with E-state index in [1.165, 1.54) is 60.2 Å². The van der Waals surface area contributed by atoms with E-state index in [9.17, 15) is 0 Å². The van der Waals surface area contributed by atoms with Crippen molar-refractivity contribution in [2.75, 3.05) is 0 Å². The number of aromatic nitrogens is 1. The van der Waals surface area contributed by atoms with Crippen LogP contribution < -0.4 is 0 Å². The number of para-hydroxylation sites is 1. The first kappa shape index (κ1) is 18.2. The Morgan fingerprint density at radius 3 is 1.94 bits per heavy atom. The molecule has 0 saturated carbocycles. The molecule has 0 bridgehead atoms. The predicted molar refractivity (Wildman–Crippen MR) is 141 cm³/mol. The van der Waals surface area contributed by atoms with Crippen molar-refractivity contribution in [1.82, 2.24) is 4.57 Å². The van der Waals surface area contributed by atoms with Crippen LogP contribution in [0.2, 0.25) is 0 Å². The topological polar surface area (TPSA) is 4.93 Å². The molecule has 0 aliphatic heterocycles. The van der Waals surface area contributed by atoms with Crippen molar-refractivity contribution in [2.24, 2.45) is 0 Å². The zero-order valence-corrected chi connectivity index (χ0v) is 18.1. The fourth-order valence-corrected chi connectivity index (χ4v) is 5.19. The van der Waals surface area contributed by atoms with Crippen LogP contribution in [0, 0.1) is 0 Å². The lowest BCUT2D eigenvalue weighted by Crippen LogP contribution is -1.93. The van der Waals surface area contributed by atoms with Gasteiger partial charge in [0.1, 0.15) is 0 Å². The molecule has 0 spiro atoms. The molecule has 0 atom stereocenters. The van der Waals surface area contributed by atoms with E-state index >= 15 is 0 Å². The molecule has 1 aromatic heterocycles. The average Bonchev–Trinajstić information content (AvgIpc) is 3.23. The monoisotopic (exact) mass is 419 g/mol. The van der Waals surface area contributed by atoms with E-state index in [0.29, 0.717) is 0 Å². The molecule has 1 heterocycles. The number of nitrogens with zero attached hydrogens (tertiary/aromatic N) is 1. The van der Waals surface area contributed by atoms with Crippen molar-refractivity contribution >= 4 is 43.4 Å². The molecule has 154 valence electrons. The molecule has 33 heavy (non-hydrogen) atoms. The van der Waals surface area contributed by atoms with Gasteiger partial charge in [-0.3, -0.25) is 0 Å². The molecule has 7 rings (SSSR count). The van der Waals surface area contributed by atoms with E-state index in [1.54, 1.807) is 0 Å². The van der Waals surface area contributed by atoms with Gasteiger partial charge in [0.2, 0.25) is 0 Å². The SMILES string of the molecule is c1ccc(-n2c3cc(-c4ccc5ccccc5c4)ccc3c3c4ccccc4ccc32)cc1. The lowest BCUT2D eigenvalue weighted by Gasteiger charge is -2.09. The minimum atomic E-state index is 1.18. The van der Waals surface area contributed by atoms with Crippen LogP contribution in [0.1, 0.15) is 0 Å². The normalized spacial score (nSPS) is 11.6. The molecule has 0 radical (unpaired) electrons. The van der Waals surface area contributed by atoms with E-state index in [2.05, 4.69) is 132 Å². The Balaban J connectivity index is 1.58. The number of rotatable bonds is 2. The largest absolute Gasteiger partial charge is 0.309 e. The van der Waals surface area contributed by atoms with Gasteiger partial charge in [-0.05, 0) is 63.0 Å². The number of hydrogen-bond acceptors (Lipinski definition) is 0. The maximum absolute atomic E-state index is 2.40. The summed E-state index contributed by atoms with van der Waals surface area (Å²) in [7, 11) is 0. The van der Waals surface area contributed by atoms with Crippen LogP contribution in [0.3, 0.4) is 0 Å². The van der Waals surface area contributed by atoms with Gasteiger partial charge in [-0.25, -0.2) is 0 Å². The summed E-state index contributed by atoms with van der Waals surface area (Å²) in [6, 6.07) is 46.1. The van der Waals surface area contributed by atoms with Crippen molar-refractivity contribution in [1.29, 1.82) is 0 Å². The van der Waals surface area contributed by atoms with Gasteiger partial charge in [0.05, 0.1) is 11.0 Å². The quantitative estimate of drug-likeness (QED) is 0.264. The van der Waals surface area contributed by atoms with E-state index in [1.807, 2.05) is 0 Å². The summed E-state index contributed by atoms with van der Waals surface area (Å²) in [5.41, 5.74) is 6.13. The third kappa shape index (κ3) is 2.79. The molecule has 7 aromatic rings. The smallest absolute Gasteiger partial charge is 0.0547 e. The molecule has 1 nitrogen and oxygen atoms in total. The molecule has 6 aromatic carbocycles. The summed E-state index contributed by atoms with van der Waals surface area (Å²) in [6.07, 6.45) is 0. The Kier molecular flexibility index (Phi) is 3.91. The fraction of sp³-hybridized carbons (Fsp3) is 0. The van der Waals surface area contributed by atoms with Crippen molar-refractivity contribution in [3.63, 3.8) is 0 Å². The first-order valence-electron chi connectivity index (χ1n) is 11.4. The Bertz CT molecular complexity index is 1810. The van der Waals surface area contributed by atoms with Crippen LogP contribution >= 0.6 is 0 Å². The summed E-state index contributed by atoms with van der Waals surface area (Å²) < 4.78 is 2.40. The Hall–Kier alpha value is -4.36. The zero-order chi connectivity index (χ0) is 21.8. The highest BCUT2D eigenvalue weighted by Gasteiger charge is 2.15. The van der Waals surface area contributed by atoms with Crippen molar-refractivity contribution in [2.45, 2.75) is 0 Å². The second-order valence-corrected chi connectivity index (χ2v) is 8.65. The van der Waals surface area contributed by atoms with Gasteiger partial charge < -0.3 is 4.57 Å². The molecular formula is C32H21N. The van der Waals surface area contributed by atoms with Gasteiger partial charge in [0.15, 0.2) is 0 Å². The first-order chi connectivity index (χ1) is 16.4. The van der Waals surface area contributed by atoms with Crippen LogP contribution in [0.5, 0.6) is 0 Å². The minimum absolute atomic E-state index is 1.18. The predicted octanol–water partition coefficient (Wildman–Crippen LogP) is 8.76. The highest BCUT2D eigenvalue weighted by molar-refractivity contribution is 6.21. The number of fused-ring (bicyclic) bond motifs is 6. The maximum atomic E-state index is 2.40. The van der Waals surface area contributed by atoms with Crippen LogP contribution in [0.15, 0.2) is 127 Å². The summed E-state index contributed by atoms with van der Waals surface area (Å²) in [6.45, 7) is 0. The number of benzene rings is 6. The lowest BCUT2D eigenvalue weighted by atomic mass is 9.99. The van der Waals surface area contributed by atoms with E-state index in [0.717, 1.165) is 0 Å². The maximum Gasteiger partial charge on any atom is 0.0547 e. The van der Waals surface area contributed by atoms with Crippen molar-refractivity contribution in [3.05, 3.63) is 127 Å². The molecule has 0 amide bonds. The van der Waals surface area contributed by atoms with Crippen LogP contribution in [0.4, 0.5) is 0 Å². The summed E-state index contributed by atoms with van der Waals surface area (Å²) in [4.78, 5) is 0. The van der Waals surface area contributed by atoms with E-state index < -0.39 is 0 Å². The molecule has 0 N–H and O–H groups in total. The summed E-state index contributed by atoms with van der Waals surface area (Å²) in [5, 5.41) is 7.72. The Morgan fingerprint density at radius 1 is 0.394 bits per heavy atom. The third-order valence-corrected chi connectivity index (χ3v) is 6.75. The molecule has 0 saturated heterocycles. The molecule has 0 unspecified atom stereocenters.